The number of aliphatic carboxylic acids is 1. The Hall–Kier alpha value is -0.990. The van der Waals surface area contributed by atoms with E-state index in [-0.39, 0.29) is 0 Å². The maximum Gasteiger partial charge on any atom is 0.300 e. The molecular weight excluding hydrogens is 156 g/mol. The molecule has 0 aromatic carbocycles. The summed E-state index contributed by atoms with van der Waals surface area (Å²) in [5.74, 6) is -0.390. The monoisotopic (exact) mass is 174 g/mol. The van der Waals surface area contributed by atoms with Crippen LogP contribution >= 0.6 is 0 Å². The predicted molar refractivity (Wildman–Crippen MR) is 49.2 cm³/mol. The van der Waals surface area contributed by atoms with Crippen molar-refractivity contribution in [3.05, 3.63) is 11.8 Å². The van der Waals surface area contributed by atoms with E-state index < -0.39 is 5.97 Å². The number of unbranched alkanes of at least 4 members (excludes halogenated alkanes) is 2. The largest absolute Gasteiger partial charge is 0.513 e. The quantitative estimate of drug-likeness (QED) is 0.511. The fourth-order valence-corrected chi connectivity index (χ4v) is 0.515. The van der Waals surface area contributed by atoms with Crippen LogP contribution in [0.5, 0.6) is 0 Å². The molecule has 0 spiro atoms. The van der Waals surface area contributed by atoms with Crippen LogP contribution in [0.15, 0.2) is 11.8 Å². The molecule has 2 N–H and O–H groups in total. The second-order valence-electron chi connectivity index (χ2n) is 2.51. The van der Waals surface area contributed by atoms with Gasteiger partial charge < -0.3 is 10.2 Å². The molecule has 0 aliphatic rings. The van der Waals surface area contributed by atoms with Crippen molar-refractivity contribution >= 4 is 5.97 Å². The number of carbonyl (C=O) groups is 1. The van der Waals surface area contributed by atoms with E-state index >= 15 is 0 Å². The van der Waals surface area contributed by atoms with E-state index in [2.05, 4.69) is 6.92 Å². The third-order valence-electron chi connectivity index (χ3n) is 0.997. The summed E-state index contributed by atoms with van der Waals surface area (Å²) in [6.45, 7) is 4.93. The van der Waals surface area contributed by atoms with Crippen LogP contribution in [0.4, 0.5) is 0 Å². The second kappa shape index (κ2) is 10.0. The number of carboxylic acids is 1. The molecule has 0 aromatic rings. The van der Waals surface area contributed by atoms with Gasteiger partial charge in [0.05, 0.1) is 5.76 Å². The van der Waals surface area contributed by atoms with Crippen molar-refractivity contribution in [2.24, 2.45) is 0 Å². The van der Waals surface area contributed by atoms with Gasteiger partial charge in [0.25, 0.3) is 5.97 Å². The van der Waals surface area contributed by atoms with Crippen molar-refractivity contribution in [3.8, 4) is 0 Å². The van der Waals surface area contributed by atoms with Crippen molar-refractivity contribution in [2.75, 3.05) is 0 Å². The molecule has 0 heterocycles. The Morgan fingerprint density at radius 2 is 1.75 bits per heavy atom. The molecule has 0 atom stereocenters. The Balaban J connectivity index is 0. The minimum Gasteiger partial charge on any atom is -0.513 e. The number of hydrogen-bond acceptors (Lipinski definition) is 2. The van der Waals surface area contributed by atoms with Gasteiger partial charge in [0.2, 0.25) is 0 Å². The second-order valence-corrected chi connectivity index (χ2v) is 2.51. The minimum atomic E-state index is -0.833. The van der Waals surface area contributed by atoms with Crippen LogP contribution < -0.4 is 0 Å². The molecule has 0 rings (SSSR count). The topological polar surface area (TPSA) is 57.5 Å². The van der Waals surface area contributed by atoms with E-state index in [1.807, 2.05) is 6.08 Å². The third-order valence-corrected chi connectivity index (χ3v) is 0.997. The summed E-state index contributed by atoms with van der Waals surface area (Å²) in [4.78, 5) is 9.00. The molecular formula is C9H18O3. The van der Waals surface area contributed by atoms with Crippen molar-refractivity contribution in [3.63, 3.8) is 0 Å². The summed E-state index contributed by atoms with van der Waals surface area (Å²) in [5, 5.41) is 16.1. The smallest absolute Gasteiger partial charge is 0.300 e. The number of aliphatic hydroxyl groups excluding tert-OH is 1. The number of allylic oxidation sites excluding steroid dienone is 2. The molecule has 12 heavy (non-hydrogen) atoms. The lowest BCUT2D eigenvalue weighted by Gasteiger charge is -1.88. The van der Waals surface area contributed by atoms with Gasteiger partial charge in [-0.25, -0.2) is 0 Å². The highest BCUT2D eigenvalue weighted by molar-refractivity contribution is 5.62. The molecule has 0 aliphatic carbocycles. The first kappa shape index (κ1) is 13.6. The average molecular weight is 174 g/mol. The number of aliphatic hydroxyl groups is 1. The normalized spacial score (nSPS) is 10.1. The van der Waals surface area contributed by atoms with Crippen molar-refractivity contribution in [1.29, 1.82) is 0 Å². The Morgan fingerprint density at radius 3 is 2.00 bits per heavy atom. The van der Waals surface area contributed by atoms with Crippen LogP contribution in [0, 0.1) is 0 Å². The van der Waals surface area contributed by atoms with Gasteiger partial charge in [-0.15, -0.1) is 0 Å². The van der Waals surface area contributed by atoms with Crippen LogP contribution in [0.3, 0.4) is 0 Å². The Morgan fingerprint density at radius 1 is 1.33 bits per heavy atom. The standard InChI is InChI=1S/C7H14O.C2H4O2/c1-3-4-5-6-7(2)8;1-2(3)4/h6,8H,3-5H2,1-2H3;1H3,(H,3,4). The van der Waals surface area contributed by atoms with Crippen LogP contribution in [0.25, 0.3) is 0 Å². The Bertz CT molecular complexity index is 131. The lowest BCUT2D eigenvalue weighted by atomic mass is 10.2. The SMILES string of the molecule is CC(=O)O.CCCCC=C(C)O. The maximum atomic E-state index is 9.00. The zero-order valence-electron chi connectivity index (χ0n) is 8.00. The Labute approximate surface area is 73.7 Å². The molecule has 3 heteroatoms. The first-order valence-electron chi connectivity index (χ1n) is 4.06. The summed E-state index contributed by atoms with van der Waals surface area (Å²) >= 11 is 0. The van der Waals surface area contributed by atoms with Gasteiger partial charge in [0, 0.05) is 6.92 Å². The molecule has 0 aromatic heterocycles. The first-order valence-corrected chi connectivity index (χ1v) is 4.06. The van der Waals surface area contributed by atoms with E-state index in [1.165, 1.54) is 12.8 Å². The number of hydrogen-bond donors (Lipinski definition) is 2. The zero-order valence-corrected chi connectivity index (χ0v) is 8.00. The van der Waals surface area contributed by atoms with Crippen molar-refractivity contribution in [1.82, 2.24) is 0 Å². The van der Waals surface area contributed by atoms with Crippen LogP contribution in [0.1, 0.15) is 40.0 Å². The van der Waals surface area contributed by atoms with E-state index in [0.717, 1.165) is 13.3 Å². The molecule has 3 nitrogen and oxygen atoms in total. The van der Waals surface area contributed by atoms with Gasteiger partial charge in [-0.1, -0.05) is 13.3 Å². The van der Waals surface area contributed by atoms with Gasteiger partial charge >= 0.3 is 0 Å². The summed E-state index contributed by atoms with van der Waals surface area (Å²) in [7, 11) is 0. The summed E-state index contributed by atoms with van der Waals surface area (Å²) in [5.41, 5.74) is 0. The number of carboxylic acid groups (broad SMARTS) is 1. The molecule has 72 valence electrons. The van der Waals surface area contributed by atoms with Gasteiger partial charge in [-0.05, 0) is 25.8 Å². The number of rotatable bonds is 3. The van der Waals surface area contributed by atoms with Crippen LogP contribution in [-0.4, -0.2) is 16.2 Å². The minimum absolute atomic E-state index is 0.443. The van der Waals surface area contributed by atoms with Gasteiger partial charge in [-0.3, -0.25) is 4.79 Å². The van der Waals surface area contributed by atoms with E-state index in [0.29, 0.717) is 5.76 Å². The van der Waals surface area contributed by atoms with Crippen molar-refractivity contribution < 1.29 is 15.0 Å². The highest BCUT2D eigenvalue weighted by Crippen LogP contribution is 1.96. The molecule has 0 amide bonds. The summed E-state index contributed by atoms with van der Waals surface area (Å²) in [6, 6.07) is 0. The van der Waals surface area contributed by atoms with E-state index in [4.69, 9.17) is 15.0 Å². The molecule has 0 bridgehead atoms. The maximum absolute atomic E-state index is 9.00. The van der Waals surface area contributed by atoms with E-state index in [9.17, 15) is 0 Å². The van der Waals surface area contributed by atoms with Gasteiger partial charge in [0.1, 0.15) is 0 Å². The van der Waals surface area contributed by atoms with Gasteiger partial charge in [0.15, 0.2) is 0 Å². The molecule has 0 saturated carbocycles. The summed E-state index contributed by atoms with van der Waals surface area (Å²) in [6.07, 6.45) is 5.24. The van der Waals surface area contributed by atoms with Crippen LogP contribution in [-0.2, 0) is 4.79 Å². The molecule has 0 radical (unpaired) electrons. The third kappa shape index (κ3) is 36.0. The lowest BCUT2D eigenvalue weighted by Crippen LogP contribution is -1.78. The first-order chi connectivity index (χ1) is 5.50. The molecule has 0 unspecified atom stereocenters. The molecule has 0 aliphatic heterocycles. The molecule has 0 fully saturated rings. The van der Waals surface area contributed by atoms with Crippen LogP contribution in [0.2, 0.25) is 0 Å². The van der Waals surface area contributed by atoms with Gasteiger partial charge in [-0.2, -0.15) is 0 Å². The highest BCUT2D eigenvalue weighted by Gasteiger charge is 1.79. The average Bonchev–Trinajstić information content (AvgIpc) is 1.86. The van der Waals surface area contributed by atoms with E-state index in [1.54, 1.807) is 6.92 Å². The lowest BCUT2D eigenvalue weighted by molar-refractivity contribution is -0.134. The Kier molecular flexibility index (Phi) is 11.3. The fourth-order valence-electron chi connectivity index (χ4n) is 0.515. The fraction of sp³-hybridized carbons (Fsp3) is 0.667. The summed E-state index contributed by atoms with van der Waals surface area (Å²) < 4.78 is 0. The predicted octanol–water partition coefficient (Wildman–Crippen LogP) is 2.73. The highest BCUT2D eigenvalue weighted by atomic mass is 16.4. The van der Waals surface area contributed by atoms with Crippen molar-refractivity contribution in [2.45, 2.75) is 40.0 Å². The molecule has 0 saturated heterocycles. The zero-order chi connectivity index (χ0) is 9.98.